The van der Waals surface area contributed by atoms with Gasteiger partial charge in [0.2, 0.25) is 0 Å². The van der Waals surface area contributed by atoms with Crippen LogP contribution in [0.3, 0.4) is 0 Å². The van der Waals surface area contributed by atoms with Crippen LogP contribution in [0, 0.1) is 17.7 Å². The zero-order valence-corrected chi connectivity index (χ0v) is 19.3. The lowest BCUT2D eigenvalue weighted by atomic mass is 9.95. The molecular weight excluding hydrogens is 459 g/mol. The third-order valence-corrected chi connectivity index (χ3v) is 6.19. The van der Waals surface area contributed by atoms with Crippen LogP contribution in [0.15, 0.2) is 95.0 Å². The zero-order valence-electron chi connectivity index (χ0n) is 18.5. The van der Waals surface area contributed by atoms with Crippen LogP contribution in [0.4, 0.5) is 10.1 Å². The number of fused-ring (bicyclic) bond motifs is 3. The maximum absolute atomic E-state index is 13.6. The normalized spacial score (nSPS) is 13.8. The number of hydrogen-bond acceptors (Lipinski definition) is 4. The minimum Gasteiger partial charge on any atom is -0.308 e. The van der Waals surface area contributed by atoms with Crippen molar-refractivity contribution in [2.45, 2.75) is 0 Å². The Morgan fingerprint density at radius 1 is 0.829 bits per heavy atom. The summed E-state index contributed by atoms with van der Waals surface area (Å²) < 4.78 is 13.6. The summed E-state index contributed by atoms with van der Waals surface area (Å²) in [5, 5.41) is 0.673. The lowest BCUT2D eigenvalue weighted by molar-refractivity contribution is 0.628. The maximum atomic E-state index is 13.6. The molecule has 6 heteroatoms. The van der Waals surface area contributed by atoms with Crippen LogP contribution in [-0.2, 0) is 0 Å². The molecule has 35 heavy (non-hydrogen) atoms. The molecule has 4 aromatic rings. The summed E-state index contributed by atoms with van der Waals surface area (Å²) in [7, 11) is 0. The molecule has 0 bridgehead atoms. The second-order valence-electron chi connectivity index (χ2n) is 8.19. The van der Waals surface area contributed by atoms with Crippen LogP contribution in [0.5, 0.6) is 0 Å². The number of nitrogens with zero attached hydrogens (tertiary/aromatic N) is 4. The minimum absolute atomic E-state index is 0.273. The number of benzene rings is 3. The molecular formula is C29H18ClFN4. The van der Waals surface area contributed by atoms with E-state index in [9.17, 15) is 4.39 Å². The van der Waals surface area contributed by atoms with Crippen LogP contribution in [0.25, 0.3) is 11.1 Å². The van der Waals surface area contributed by atoms with E-state index in [0.717, 1.165) is 51.7 Å². The number of amidine groups is 2. The van der Waals surface area contributed by atoms with Gasteiger partial charge in [0.25, 0.3) is 0 Å². The van der Waals surface area contributed by atoms with Crippen LogP contribution < -0.4 is 0 Å². The van der Waals surface area contributed by atoms with Gasteiger partial charge in [-0.15, -0.1) is 0 Å². The maximum Gasteiger partial charge on any atom is 0.142 e. The Bertz CT molecular complexity index is 1550. The number of pyridine rings is 1. The Kier molecular flexibility index (Phi) is 5.36. The summed E-state index contributed by atoms with van der Waals surface area (Å²) in [6, 6.07) is 23.8. The Morgan fingerprint density at radius 3 is 2.40 bits per heavy atom. The van der Waals surface area contributed by atoms with Crippen molar-refractivity contribution in [3.05, 3.63) is 118 Å². The summed E-state index contributed by atoms with van der Waals surface area (Å²) in [4.78, 5) is 16.4. The third-order valence-electron chi connectivity index (χ3n) is 5.94. The molecule has 0 aliphatic carbocycles. The summed E-state index contributed by atoms with van der Waals surface area (Å²) >= 11 is 6.13. The molecule has 0 saturated carbocycles. The molecule has 0 radical (unpaired) electrons. The minimum atomic E-state index is -0.273. The molecule has 0 N–H and O–H groups in total. The largest absolute Gasteiger partial charge is 0.308 e. The highest BCUT2D eigenvalue weighted by Gasteiger charge is 2.31. The quantitative estimate of drug-likeness (QED) is 0.328. The first kappa shape index (κ1) is 21.3. The number of rotatable bonds is 2. The predicted molar refractivity (Wildman–Crippen MR) is 138 cm³/mol. The zero-order chi connectivity index (χ0) is 23.8. The second kappa shape index (κ2) is 8.83. The van der Waals surface area contributed by atoms with E-state index in [0.29, 0.717) is 17.3 Å². The van der Waals surface area contributed by atoms with Crippen LogP contribution >= 0.6 is 11.6 Å². The molecule has 0 saturated heterocycles. The molecule has 3 heterocycles. The second-order valence-corrected chi connectivity index (χ2v) is 8.63. The highest BCUT2D eigenvalue weighted by Crippen LogP contribution is 2.37. The Labute approximate surface area is 207 Å². The van der Waals surface area contributed by atoms with Crippen LogP contribution in [0.2, 0.25) is 5.02 Å². The Balaban J connectivity index is 1.57. The van der Waals surface area contributed by atoms with Gasteiger partial charge in [-0.25, -0.2) is 14.4 Å². The standard InChI is InChI=1S/C29H18ClFN4/c30-23-9-4-20(5-10-23)28-34-27-21(8-13-25-3-1-2-14-32-25)17-22(19-6-11-24(31)12-7-19)18-26(27)29-33-15-16-35(28)29/h1-7,9-12,14,17-18H,15-16H2. The van der Waals surface area contributed by atoms with E-state index in [-0.39, 0.29) is 5.82 Å². The third kappa shape index (κ3) is 4.09. The molecule has 0 amide bonds. The van der Waals surface area contributed by atoms with Gasteiger partial charge >= 0.3 is 0 Å². The number of aromatic nitrogens is 1. The van der Waals surface area contributed by atoms with Crippen LogP contribution in [-0.4, -0.2) is 34.6 Å². The monoisotopic (exact) mass is 476 g/mol. The smallest absolute Gasteiger partial charge is 0.142 e. The van der Waals surface area contributed by atoms with E-state index in [4.69, 9.17) is 21.6 Å². The Morgan fingerprint density at radius 2 is 1.63 bits per heavy atom. The van der Waals surface area contributed by atoms with Gasteiger partial charge in [-0.1, -0.05) is 35.7 Å². The molecule has 2 aliphatic heterocycles. The van der Waals surface area contributed by atoms with E-state index in [1.165, 1.54) is 12.1 Å². The van der Waals surface area contributed by atoms with Gasteiger partial charge < -0.3 is 4.90 Å². The highest BCUT2D eigenvalue weighted by atomic mass is 35.5. The fourth-order valence-corrected chi connectivity index (χ4v) is 4.39. The van der Waals surface area contributed by atoms with Crippen molar-refractivity contribution in [3.63, 3.8) is 0 Å². The van der Waals surface area contributed by atoms with Crippen molar-refractivity contribution in [1.82, 2.24) is 9.88 Å². The molecule has 0 fully saturated rings. The van der Waals surface area contributed by atoms with Crippen molar-refractivity contribution < 1.29 is 4.39 Å². The fourth-order valence-electron chi connectivity index (χ4n) is 4.27. The lowest BCUT2D eigenvalue weighted by Crippen LogP contribution is -2.38. The molecule has 6 rings (SSSR count). The molecule has 2 aliphatic rings. The van der Waals surface area contributed by atoms with Gasteiger partial charge in [0.1, 0.15) is 23.2 Å². The van der Waals surface area contributed by atoms with Crippen molar-refractivity contribution >= 4 is 29.0 Å². The van der Waals surface area contributed by atoms with Crippen molar-refractivity contribution in [3.8, 4) is 23.0 Å². The van der Waals surface area contributed by atoms with E-state index < -0.39 is 0 Å². The van der Waals surface area contributed by atoms with Gasteiger partial charge in [-0.3, -0.25) is 4.99 Å². The molecule has 0 spiro atoms. The molecule has 0 atom stereocenters. The van der Waals surface area contributed by atoms with Crippen LogP contribution in [0.1, 0.15) is 22.4 Å². The number of hydrogen-bond donors (Lipinski definition) is 0. The van der Waals surface area contributed by atoms with E-state index in [1.54, 1.807) is 18.3 Å². The summed E-state index contributed by atoms with van der Waals surface area (Å²) in [5.41, 5.74) is 5.88. The summed E-state index contributed by atoms with van der Waals surface area (Å²) in [6.07, 6.45) is 1.72. The summed E-state index contributed by atoms with van der Waals surface area (Å²) in [6.45, 7) is 1.42. The average Bonchev–Trinajstić information content (AvgIpc) is 3.39. The van der Waals surface area contributed by atoms with E-state index in [1.807, 2.05) is 48.5 Å². The van der Waals surface area contributed by atoms with Crippen molar-refractivity contribution in [1.29, 1.82) is 0 Å². The molecule has 1 aromatic heterocycles. The molecule has 4 nitrogen and oxygen atoms in total. The number of halogens is 2. The SMILES string of the molecule is Fc1ccc(-c2cc(C#Cc3ccccn3)c3c(c2)C2=NCCN2C(c2ccc(Cl)cc2)=N3)cc1. The Hall–Kier alpha value is -4.27. The first-order valence-electron chi connectivity index (χ1n) is 11.2. The van der Waals surface area contributed by atoms with E-state index in [2.05, 4.69) is 27.8 Å². The summed E-state index contributed by atoms with van der Waals surface area (Å²) in [5.74, 6) is 7.86. The fraction of sp³-hybridized carbons (Fsp3) is 0.0690. The molecule has 3 aromatic carbocycles. The first-order chi connectivity index (χ1) is 17.2. The molecule has 0 unspecified atom stereocenters. The topological polar surface area (TPSA) is 40.9 Å². The predicted octanol–water partition coefficient (Wildman–Crippen LogP) is 6.10. The van der Waals surface area contributed by atoms with Gasteiger partial charge in [-0.05, 0) is 77.7 Å². The first-order valence-corrected chi connectivity index (χ1v) is 11.6. The average molecular weight is 477 g/mol. The lowest BCUT2D eigenvalue weighted by Gasteiger charge is -2.28. The van der Waals surface area contributed by atoms with Crippen molar-refractivity contribution in [2.75, 3.05) is 13.1 Å². The van der Waals surface area contributed by atoms with Gasteiger partial charge in [0.05, 0.1) is 17.8 Å². The van der Waals surface area contributed by atoms with E-state index >= 15 is 0 Å². The van der Waals surface area contributed by atoms with Gasteiger partial charge in [0.15, 0.2) is 0 Å². The van der Waals surface area contributed by atoms with Gasteiger partial charge in [-0.2, -0.15) is 0 Å². The number of aliphatic imine (C=N–C) groups is 2. The molecule has 168 valence electrons. The van der Waals surface area contributed by atoms with Crippen molar-refractivity contribution in [2.24, 2.45) is 9.98 Å². The highest BCUT2D eigenvalue weighted by molar-refractivity contribution is 6.30. The van der Waals surface area contributed by atoms with Gasteiger partial charge in [0, 0.05) is 28.9 Å².